The summed E-state index contributed by atoms with van der Waals surface area (Å²) >= 11 is 0. The molecule has 3 rings (SSSR count). The molecule has 0 saturated heterocycles. The molecule has 0 bridgehead atoms. The number of aromatic nitrogens is 1. The number of fused-ring (bicyclic) bond motifs is 1. The maximum atomic E-state index is 12.8. The molecule has 0 atom stereocenters. The van der Waals surface area contributed by atoms with Crippen LogP contribution in [0.2, 0.25) is 0 Å². The first-order chi connectivity index (χ1) is 11.5. The monoisotopic (exact) mass is 325 g/mol. The summed E-state index contributed by atoms with van der Waals surface area (Å²) in [5.74, 6) is -0.476. The molecule has 0 radical (unpaired) electrons. The number of pyridine rings is 1. The Morgan fingerprint density at radius 3 is 2.75 bits per heavy atom. The van der Waals surface area contributed by atoms with Crippen molar-refractivity contribution in [3.05, 3.63) is 57.5 Å². The van der Waals surface area contributed by atoms with Crippen LogP contribution in [0.25, 0.3) is 11.1 Å². The molecule has 1 aliphatic rings. The summed E-state index contributed by atoms with van der Waals surface area (Å²) in [7, 11) is 0. The van der Waals surface area contributed by atoms with Crippen molar-refractivity contribution in [1.82, 2.24) is 4.57 Å². The van der Waals surface area contributed by atoms with Crippen molar-refractivity contribution in [3.63, 3.8) is 0 Å². The summed E-state index contributed by atoms with van der Waals surface area (Å²) in [5, 5.41) is 0. The van der Waals surface area contributed by atoms with E-state index < -0.39 is 5.97 Å². The molecule has 0 aliphatic carbocycles. The van der Waals surface area contributed by atoms with Crippen molar-refractivity contribution in [1.29, 1.82) is 0 Å². The fourth-order valence-corrected chi connectivity index (χ4v) is 3.15. The summed E-state index contributed by atoms with van der Waals surface area (Å²) in [5.41, 5.74) is 2.74. The van der Waals surface area contributed by atoms with Crippen molar-refractivity contribution in [2.24, 2.45) is 0 Å². The van der Waals surface area contributed by atoms with Gasteiger partial charge in [-0.15, -0.1) is 0 Å². The third-order valence-corrected chi connectivity index (χ3v) is 4.26. The number of carbonyl (C=O) groups excluding carboxylic acids is 2. The molecule has 1 aromatic carbocycles. The smallest absolute Gasteiger partial charge is 0.338 e. The van der Waals surface area contributed by atoms with Gasteiger partial charge in [0.1, 0.15) is 0 Å². The van der Waals surface area contributed by atoms with Crippen LogP contribution in [0.15, 0.2) is 35.1 Å². The standard InChI is InChI=1S/C19H19NO4/c1-3-24-19(23)14-7-4-6-13(10-14)16-11-15(12(2)21)17-8-5-9-20(17)18(16)22/h4,6-7,10-11H,3,5,8-9H2,1-2H3. The van der Waals surface area contributed by atoms with Crippen LogP contribution in [0.4, 0.5) is 0 Å². The van der Waals surface area contributed by atoms with Gasteiger partial charge >= 0.3 is 5.97 Å². The topological polar surface area (TPSA) is 65.4 Å². The number of Topliss-reactive ketones (excluding diaryl/α,β-unsaturated/α-hetero) is 1. The van der Waals surface area contributed by atoms with Gasteiger partial charge in [-0.3, -0.25) is 9.59 Å². The van der Waals surface area contributed by atoms with Gasteiger partial charge in [0.15, 0.2) is 5.78 Å². The lowest BCUT2D eigenvalue weighted by molar-refractivity contribution is 0.0526. The number of rotatable bonds is 4. The summed E-state index contributed by atoms with van der Waals surface area (Å²) < 4.78 is 6.69. The zero-order valence-corrected chi connectivity index (χ0v) is 13.8. The molecule has 0 amide bonds. The Labute approximate surface area is 139 Å². The summed E-state index contributed by atoms with van der Waals surface area (Å²) in [6, 6.07) is 8.43. The van der Waals surface area contributed by atoms with E-state index in [9.17, 15) is 14.4 Å². The molecule has 0 fully saturated rings. The number of carbonyl (C=O) groups is 2. The second kappa shape index (κ2) is 6.43. The number of ether oxygens (including phenoxy) is 1. The quantitative estimate of drug-likeness (QED) is 0.640. The highest BCUT2D eigenvalue weighted by molar-refractivity contribution is 5.97. The third kappa shape index (κ3) is 2.77. The van der Waals surface area contributed by atoms with E-state index in [2.05, 4.69) is 0 Å². The molecule has 0 spiro atoms. The van der Waals surface area contributed by atoms with Crippen LogP contribution in [-0.2, 0) is 17.7 Å². The molecule has 24 heavy (non-hydrogen) atoms. The fourth-order valence-electron chi connectivity index (χ4n) is 3.15. The van der Waals surface area contributed by atoms with E-state index in [0.29, 0.717) is 35.4 Å². The third-order valence-electron chi connectivity index (χ3n) is 4.26. The zero-order chi connectivity index (χ0) is 17.3. The molecule has 2 aromatic rings. The van der Waals surface area contributed by atoms with Crippen LogP contribution in [0.3, 0.4) is 0 Å². The Hall–Kier alpha value is -2.69. The van der Waals surface area contributed by atoms with Crippen molar-refractivity contribution >= 4 is 11.8 Å². The summed E-state index contributed by atoms with van der Waals surface area (Å²) in [6.45, 7) is 4.17. The first kappa shape index (κ1) is 16.2. The number of nitrogens with zero attached hydrogens (tertiary/aromatic N) is 1. The number of esters is 1. The van der Waals surface area contributed by atoms with E-state index in [1.165, 1.54) is 6.92 Å². The SMILES string of the molecule is CCOC(=O)c1cccc(-c2cc(C(C)=O)c3n(c2=O)CCC3)c1. The lowest BCUT2D eigenvalue weighted by atomic mass is 9.99. The Bertz CT molecular complexity index is 879. The molecule has 0 N–H and O–H groups in total. The van der Waals surface area contributed by atoms with Crippen molar-refractivity contribution < 1.29 is 14.3 Å². The van der Waals surface area contributed by atoms with Crippen molar-refractivity contribution in [3.8, 4) is 11.1 Å². The molecule has 0 saturated carbocycles. The molecule has 0 unspecified atom stereocenters. The largest absolute Gasteiger partial charge is 0.462 e. The predicted molar refractivity (Wildman–Crippen MR) is 90.4 cm³/mol. The number of hydrogen-bond donors (Lipinski definition) is 0. The molecular formula is C19H19NO4. The summed E-state index contributed by atoms with van der Waals surface area (Å²) in [6.07, 6.45) is 1.61. The van der Waals surface area contributed by atoms with Crippen molar-refractivity contribution in [2.45, 2.75) is 33.2 Å². The maximum Gasteiger partial charge on any atom is 0.338 e. The molecule has 124 valence electrons. The Balaban J connectivity index is 2.15. The van der Waals surface area contributed by atoms with Crippen LogP contribution in [0.5, 0.6) is 0 Å². The number of benzene rings is 1. The van der Waals surface area contributed by atoms with Gasteiger partial charge < -0.3 is 9.30 Å². The molecule has 5 nitrogen and oxygen atoms in total. The average molecular weight is 325 g/mol. The van der Waals surface area contributed by atoms with E-state index in [1.54, 1.807) is 41.8 Å². The van der Waals surface area contributed by atoms with Gasteiger partial charge in [-0.1, -0.05) is 12.1 Å². The fraction of sp³-hybridized carbons (Fsp3) is 0.316. The molecule has 1 aliphatic heterocycles. The molecule has 1 aromatic heterocycles. The van der Waals surface area contributed by atoms with E-state index in [0.717, 1.165) is 18.5 Å². The van der Waals surface area contributed by atoms with Gasteiger partial charge in [-0.05, 0) is 50.5 Å². The van der Waals surface area contributed by atoms with Gasteiger partial charge in [0.25, 0.3) is 5.56 Å². The summed E-state index contributed by atoms with van der Waals surface area (Å²) in [4.78, 5) is 36.7. The van der Waals surface area contributed by atoms with E-state index >= 15 is 0 Å². The minimum Gasteiger partial charge on any atom is -0.462 e. The molecular weight excluding hydrogens is 306 g/mol. The highest BCUT2D eigenvalue weighted by atomic mass is 16.5. The van der Waals surface area contributed by atoms with E-state index in [1.807, 2.05) is 0 Å². The number of ketones is 1. The number of hydrogen-bond acceptors (Lipinski definition) is 4. The zero-order valence-electron chi connectivity index (χ0n) is 13.8. The highest BCUT2D eigenvalue weighted by Crippen LogP contribution is 2.24. The normalized spacial score (nSPS) is 12.8. The van der Waals surface area contributed by atoms with Gasteiger partial charge in [-0.25, -0.2) is 4.79 Å². The van der Waals surface area contributed by atoms with Crippen LogP contribution >= 0.6 is 0 Å². The first-order valence-corrected chi connectivity index (χ1v) is 8.08. The van der Waals surface area contributed by atoms with Crippen LogP contribution in [-0.4, -0.2) is 22.9 Å². The second-order valence-corrected chi connectivity index (χ2v) is 5.84. The van der Waals surface area contributed by atoms with E-state index in [-0.39, 0.29) is 11.3 Å². The van der Waals surface area contributed by atoms with Gasteiger partial charge in [0.2, 0.25) is 0 Å². The lowest BCUT2D eigenvalue weighted by Gasteiger charge is -2.12. The van der Waals surface area contributed by atoms with Crippen LogP contribution in [0, 0.1) is 0 Å². The van der Waals surface area contributed by atoms with Gasteiger partial charge in [-0.2, -0.15) is 0 Å². The Kier molecular flexibility index (Phi) is 4.34. The Morgan fingerprint density at radius 2 is 2.04 bits per heavy atom. The van der Waals surface area contributed by atoms with Crippen LogP contribution in [0.1, 0.15) is 46.7 Å². The van der Waals surface area contributed by atoms with Gasteiger partial charge in [0.05, 0.1) is 12.2 Å². The lowest BCUT2D eigenvalue weighted by Crippen LogP contribution is -2.23. The van der Waals surface area contributed by atoms with Gasteiger partial charge in [0, 0.05) is 23.4 Å². The molecule has 5 heteroatoms. The second-order valence-electron chi connectivity index (χ2n) is 5.84. The highest BCUT2D eigenvalue weighted by Gasteiger charge is 2.22. The Morgan fingerprint density at radius 1 is 1.25 bits per heavy atom. The molecule has 2 heterocycles. The van der Waals surface area contributed by atoms with Crippen molar-refractivity contribution in [2.75, 3.05) is 6.61 Å². The van der Waals surface area contributed by atoms with Crippen LogP contribution < -0.4 is 5.56 Å². The minimum absolute atomic E-state index is 0.0524. The first-order valence-electron chi connectivity index (χ1n) is 8.08. The predicted octanol–water partition coefficient (Wildman–Crippen LogP) is 2.84. The van der Waals surface area contributed by atoms with E-state index in [4.69, 9.17) is 4.74 Å². The maximum absolute atomic E-state index is 12.8. The minimum atomic E-state index is -0.424. The average Bonchev–Trinajstić information content (AvgIpc) is 3.05.